The average molecular weight is 350 g/mol. The molecule has 1 saturated heterocycles. The quantitative estimate of drug-likeness (QED) is 0.765. The summed E-state index contributed by atoms with van der Waals surface area (Å²) in [4.78, 5) is 2.27. The van der Waals surface area contributed by atoms with E-state index >= 15 is 0 Å². The number of nitrogens with one attached hydrogen (secondary N) is 1. The van der Waals surface area contributed by atoms with E-state index in [9.17, 15) is 0 Å². The van der Waals surface area contributed by atoms with E-state index in [4.69, 9.17) is 0 Å². The zero-order valence-electron chi connectivity index (χ0n) is 14.8. The SMILES string of the molecule is CC1CCc2nnc(NCC3CN(c4ccc5nncn5n4)C3)cc2C1. The standard InChI is InChI=1S/C18H22N8/c1-12-2-3-15-14(6-12)7-16(22-21-15)19-8-13-9-25(10-13)18-5-4-17-23-20-11-26(17)24-18/h4-5,7,11-13H,2-3,6,8-10H2,1H3,(H,19,22). The van der Waals surface area contributed by atoms with Crippen LogP contribution in [-0.2, 0) is 12.8 Å². The lowest BCUT2D eigenvalue weighted by Crippen LogP contribution is -2.50. The van der Waals surface area contributed by atoms with Crippen molar-refractivity contribution in [2.45, 2.75) is 26.2 Å². The number of aromatic nitrogens is 6. The third-order valence-electron chi connectivity index (χ3n) is 5.40. The molecule has 1 N–H and O–H groups in total. The Kier molecular flexibility index (Phi) is 3.69. The van der Waals surface area contributed by atoms with Crippen molar-refractivity contribution in [3.8, 4) is 0 Å². The molecular formula is C18H22N8. The van der Waals surface area contributed by atoms with E-state index in [1.54, 1.807) is 10.8 Å². The van der Waals surface area contributed by atoms with Crippen molar-refractivity contribution in [1.29, 1.82) is 0 Å². The molecule has 0 amide bonds. The van der Waals surface area contributed by atoms with Crippen LogP contribution in [-0.4, -0.2) is 49.6 Å². The van der Waals surface area contributed by atoms with Crippen LogP contribution in [0.15, 0.2) is 24.5 Å². The van der Waals surface area contributed by atoms with Crippen LogP contribution in [0.3, 0.4) is 0 Å². The first kappa shape index (κ1) is 15.5. The molecular weight excluding hydrogens is 328 g/mol. The molecule has 0 bridgehead atoms. The number of fused-ring (bicyclic) bond motifs is 2. The highest BCUT2D eigenvalue weighted by atomic mass is 15.4. The van der Waals surface area contributed by atoms with Gasteiger partial charge in [-0.1, -0.05) is 6.92 Å². The number of nitrogens with zero attached hydrogens (tertiary/aromatic N) is 7. The van der Waals surface area contributed by atoms with E-state index in [0.717, 1.165) is 55.7 Å². The van der Waals surface area contributed by atoms with Gasteiger partial charge in [0.05, 0.1) is 5.69 Å². The van der Waals surface area contributed by atoms with E-state index in [1.807, 2.05) is 12.1 Å². The molecule has 5 rings (SSSR count). The Morgan fingerprint density at radius 1 is 1.19 bits per heavy atom. The molecule has 8 nitrogen and oxygen atoms in total. The molecule has 2 aliphatic rings. The summed E-state index contributed by atoms with van der Waals surface area (Å²) >= 11 is 0. The molecule has 8 heteroatoms. The molecule has 134 valence electrons. The fourth-order valence-electron chi connectivity index (χ4n) is 3.81. The molecule has 1 aliphatic heterocycles. The molecule has 3 aromatic heterocycles. The van der Waals surface area contributed by atoms with Crippen LogP contribution in [0.5, 0.6) is 0 Å². The van der Waals surface area contributed by atoms with Gasteiger partial charge in [-0.2, -0.15) is 9.61 Å². The van der Waals surface area contributed by atoms with Crippen LogP contribution < -0.4 is 10.2 Å². The summed E-state index contributed by atoms with van der Waals surface area (Å²) in [5, 5.41) is 24.6. The third kappa shape index (κ3) is 2.85. The highest BCUT2D eigenvalue weighted by Crippen LogP contribution is 2.26. The van der Waals surface area contributed by atoms with E-state index < -0.39 is 0 Å². The summed E-state index contributed by atoms with van der Waals surface area (Å²) in [6, 6.07) is 6.14. The first-order valence-electron chi connectivity index (χ1n) is 9.26. The van der Waals surface area contributed by atoms with Gasteiger partial charge in [-0.05, 0) is 48.9 Å². The monoisotopic (exact) mass is 350 g/mol. The summed E-state index contributed by atoms with van der Waals surface area (Å²) in [7, 11) is 0. The van der Waals surface area contributed by atoms with E-state index in [-0.39, 0.29) is 0 Å². The van der Waals surface area contributed by atoms with Gasteiger partial charge in [0, 0.05) is 25.6 Å². The van der Waals surface area contributed by atoms with Crippen molar-refractivity contribution in [2.24, 2.45) is 11.8 Å². The molecule has 0 radical (unpaired) electrons. The third-order valence-corrected chi connectivity index (χ3v) is 5.40. The second-order valence-electron chi connectivity index (χ2n) is 7.53. The Hall–Kier alpha value is -2.77. The van der Waals surface area contributed by atoms with E-state index in [0.29, 0.717) is 5.92 Å². The van der Waals surface area contributed by atoms with Crippen LogP contribution in [0.4, 0.5) is 11.6 Å². The topological polar surface area (TPSA) is 84.1 Å². The summed E-state index contributed by atoms with van der Waals surface area (Å²) in [5.41, 5.74) is 3.31. The lowest BCUT2D eigenvalue weighted by atomic mass is 9.88. The second kappa shape index (κ2) is 6.19. The maximum absolute atomic E-state index is 4.54. The number of hydrogen-bond donors (Lipinski definition) is 1. The Balaban J connectivity index is 1.17. The molecule has 0 spiro atoms. The number of anilines is 2. The van der Waals surface area contributed by atoms with Crippen molar-refractivity contribution in [1.82, 2.24) is 30.0 Å². The molecule has 26 heavy (non-hydrogen) atoms. The largest absolute Gasteiger partial charge is 0.368 e. The van der Waals surface area contributed by atoms with Crippen LogP contribution in [0.1, 0.15) is 24.6 Å². The minimum absolute atomic E-state index is 0.588. The predicted octanol–water partition coefficient (Wildman–Crippen LogP) is 1.59. The number of rotatable bonds is 4. The predicted molar refractivity (Wildman–Crippen MR) is 98.2 cm³/mol. The maximum Gasteiger partial charge on any atom is 0.177 e. The van der Waals surface area contributed by atoms with Gasteiger partial charge in [0.15, 0.2) is 5.65 Å². The molecule has 1 unspecified atom stereocenters. The van der Waals surface area contributed by atoms with Gasteiger partial charge in [0.25, 0.3) is 0 Å². The summed E-state index contributed by atoms with van der Waals surface area (Å²) < 4.78 is 1.71. The Labute approximate surface area is 151 Å². The van der Waals surface area contributed by atoms with Crippen molar-refractivity contribution in [3.63, 3.8) is 0 Å². The summed E-state index contributed by atoms with van der Waals surface area (Å²) in [5.74, 6) is 3.21. The molecule has 3 aromatic rings. The minimum atomic E-state index is 0.588. The number of hydrogen-bond acceptors (Lipinski definition) is 7. The Morgan fingerprint density at radius 2 is 2.12 bits per heavy atom. The lowest BCUT2D eigenvalue weighted by molar-refractivity contribution is 0.424. The normalized spacial score (nSPS) is 20.0. The fraction of sp³-hybridized carbons (Fsp3) is 0.500. The van der Waals surface area contributed by atoms with Crippen LogP contribution >= 0.6 is 0 Å². The molecule has 0 saturated carbocycles. The highest BCUT2D eigenvalue weighted by molar-refractivity contribution is 5.47. The van der Waals surface area contributed by atoms with Gasteiger partial charge in [0.2, 0.25) is 0 Å². The average Bonchev–Trinajstić information content (AvgIpc) is 3.08. The van der Waals surface area contributed by atoms with Gasteiger partial charge in [-0.25, -0.2) is 0 Å². The van der Waals surface area contributed by atoms with Crippen LogP contribution in [0.25, 0.3) is 5.65 Å². The maximum atomic E-state index is 4.54. The fourth-order valence-corrected chi connectivity index (χ4v) is 3.81. The lowest BCUT2D eigenvalue weighted by Gasteiger charge is -2.40. The zero-order chi connectivity index (χ0) is 17.5. The molecule has 1 atom stereocenters. The van der Waals surface area contributed by atoms with Crippen molar-refractivity contribution < 1.29 is 0 Å². The molecule has 0 aromatic carbocycles. The van der Waals surface area contributed by atoms with Gasteiger partial charge in [-0.3, -0.25) is 0 Å². The van der Waals surface area contributed by atoms with Gasteiger partial charge in [0.1, 0.15) is 18.0 Å². The highest BCUT2D eigenvalue weighted by Gasteiger charge is 2.28. The zero-order valence-corrected chi connectivity index (χ0v) is 14.8. The Morgan fingerprint density at radius 3 is 3.04 bits per heavy atom. The van der Waals surface area contributed by atoms with E-state index in [1.165, 1.54) is 17.7 Å². The first-order chi connectivity index (χ1) is 12.7. The van der Waals surface area contributed by atoms with Gasteiger partial charge < -0.3 is 10.2 Å². The van der Waals surface area contributed by atoms with Crippen LogP contribution in [0.2, 0.25) is 0 Å². The summed E-state index contributed by atoms with van der Waals surface area (Å²) in [6.45, 7) is 5.20. The smallest absolute Gasteiger partial charge is 0.177 e. The van der Waals surface area contributed by atoms with Crippen molar-refractivity contribution in [2.75, 3.05) is 29.9 Å². The second-order valence-corrected chi connectivity index (χ2v) is 7.53. The van der Waals surface area contributed by atoms with Gasteiger partial charge in [-0.15, -0.1) is 20.4 Å². The first-order valence-corrected chi connectivity index (χ1v) is 9.26. The molecule has 4 heterocycles. The van der Waals surface area contributed by atoms with E-state index in [2.05, 4.69) is 48.7 Å². The Bertz CT molecular complexity index is 930. The van der Waals surface area contributed by atoms with Crippen molar-refractivity contribution in [3.05, 3.63) is 35.8 Å². The summed E-state index contributed by atoms with van der Waals surface area (Å²) in [6.07, 6.45) is 5.04. The van der Waals surface area contributed by atoms with Crippen LogP contribution in [0, 0.1) is 11.8 Å². The molecule has 1 fully saturated rings. The van der Waals surface area contributed by atoms with Gasteiger partial charge >= 0.3 is 0 Å². The van der Waals surface area contributed by atoms with Crippen molar-refractivity contribution >= 4 is 17.3 Å². The minimum Gasteiger partial charge on any atom is -0.368 e. The molecule has 1 aliphatic carbocycles. The number of aryl methyl sites for hydroxylation is 1.